The Hall–Kier alpha value is -2.29. The van der Waals surface area contributed by atoms with Gasteiger partial charge in [-0.3, -0.25) is 0 Å². The highest BCUT2D eigenvalue weighted by molar-refractivity contribution is 5.76. The van der Waals surface area contributed by atoms with E-state index in [1.807, 2.05) is 24.3 Å². The molecule has 0 aliphatic heterocycles. The maximum atomic E-state index is 5.91. The van der Waals surface area contributed by atoms with Crippen molar-refractivity contribution in [1.29, 1.82) is 0 Å². The number of nitrogen functional groups attached to an aromatic ring is 1. The molecule has 102 valence electrons. The first kappa shape index (κ1) is 12.7. The van der Waals surface area contributed by atoms with Crippen molar-refractivity contribution in [2.24, 2.45) is 0 Å². The van der Waals surface area contributed by atoms with Gasteiger partial charge in [-0.05, 0) is 36.8 Å². The molecule has 0 bridgehead atoms. The minimum absolute atomic E-state index is 0.223. The van der Waals surface area contributed by atoms with Crippen LogP contribution in [0.3, 0.4) is 0 Å². The second-order valence-electron chi connectivity index (χ2n) is 5.09. The third kappa shape index (κ3) is 2.05. The van der Waals surface area contributed by atoms with Crippen LogP contribution in [0.1, 0.15) is 31.3 Å². The molecule has 1 aromatic heterocycles. The monoisotopic (exact) mass is 265 g/mol. The van der Waals surface area contributed by atoms with Gasteiger partial charge in [-0.2, -0.15) is 0 Å². The predicted molar refractivity (Wildman–Crippen MR) is 83.8 cm³/mol. The average molecular weight is 265 g/mol. The number of nitrogens with zero attached hydrogens (tertiary/aromatic N) is 2. The molecule has 0 radical (unpaired) electrons. The van der Waals surface area contributed by atoms with Crippen LogP contribution in [0.2, 0.25) is 0 Å². The minimum atomic E-state index is 0.223. The summed E-state index contributed by atoms with van der Waals surface area (Å²) in [5.41, 5.74) is 10.2. The number of benzene rings is 2. The summed E-state index contributed by atoms with van der Waals surface area (Å²) in [7, 11) is 0. The molecule has 1 atom stereocenters. The molecule has 0 fully saturated rings. The van der Waals surface area contributed by atoms with E-state index in [0.717, 1.165) is 23.4 Å². The number of para-hydroxylation sites is 2. The SMILES string of the molecule is CCc1nc2ccccc2n1C(C)c1cccc(N)c1. The van der Waals surface area contributed by atoms with Gasteiger partial charge >= 0.3 is 0 Å². The first-order valence-corrected chi connectivity index (χ1v) is 7.02. The van der Waals surface area contributed by atoms with Crippen molar-refractivity contribution in [3.8, 4) is 0 Å². The Morgan fingerprint density at radius 2 is 1.95 bits per heavy atom. The first-order chi connectivity index (χ1) is 9.70. The zero-order valence-corrected chi connectivity index (χ0v) is 11.9. The zero-order chi connectivity index (χ0) is 14.1. The van der Waals surface area contributed by atoms with Crippen molar-refractivity contribution in [2.45, 2.75) is 26.3 Å². The number of anilines is 1. The number of fused-ring (bicyclic) bond motifs is 1. The zero-order valence-electron chi connectivity index (χ0n) is 11.9. The predicted octanol–water partition coefficient (Wildman–Crippen LogP) is 3.79. The largest absolute Gasteiger partial charge is 0.399 e. The van der Waals surface area contributed by atoms with Crippen LogP contribution in [0.5, 0.6) is 0 Å². The number of nitrogens with two attached hydrogens (primary N) is 1. The summed E-state index contributed by atoms with van der Waals surface area (Å²) in [6.45, 7) is 4.34. The molecule has 1 heterocycles. The third-order valence-corrected chi connectivity index (χ3v) is 3.77. The molecular formula is C17H19N3. The molecule has 0 saturated carbocycles. The molecule has 0 saturated heterocycles. The summed E-state index contributed by atoms with van der Waals surface area (Å²) < 4.78 is 2.31. The number of hydrogen-bond donors (Lipinski definition) is 1. The fraction of sp³-hybridized carbons (Fsp3) is 0.235. The van der Waals surface area contributed by atoms with Gasteiger partial charge in [-0.25, -0.2) is 4.98 Å². The van der Waals surface area contributed by atoms with Gasteiger partial charge in [0.1, 0.15) is 5.82 Å². The van der Waals surface area contributed by atoms with Crippen molar-refractivity contribution in [3.05, 3.63) is 59.9 Å². The van der Waals surface area contributed by atoms with Crippen LogP contribution in [0.15, 0.2) is 48.5 Å². The van der Waals surface area contributed by atoms with Crippen LogP contribution in [-0.4, -0.2) is 9.55 Å². The van der Waals surface area contributed by atoms with E-state index >= 15 is 0 Å². The van der Waals surface area contributed by atoms with Gasteiger partial charge in [0.05, 0.1) is 17.1 Å². The van der Waals surface area contributed by atoms with Crippen LogP contribution >= 0.6 is 0 Å². The van der Waals surface area contributed by atoms with Gasteiger partial charge in [0, 0.05) is 12.1 Å². The van der Waals surface area contributed by atoms with Crippen LogP contribution in [-0.2, 0) is 6.42 Å². The molecule has 0 aliphatic rings. The van der Waals surface area contributed by atoms with Gasteiger partial charge in [-0.15, -0.1) is 0 Å². The minimum Gasteiger partial charge on any atom is -0.399 e. The lowest BCUT2D eigenvalue weighted by molar-refractivity contribution is 0.623. The summed E-state index contributed by atoms with van der Waals surface area (Å²) in [5, 5.41) is 0. The highest BCUT2D eigenvalue weighted by atomic mass is 15.1. The number of aromatic nitrogens is 2. The maximum Gasteiger partial charge on any atom is 0.110 e. The Morgan fingerprint density at radius 1 is 1.15 bits per heavy atom. The molecule has 20 heavy (non-hydrogen) atoms. The molecule has 0 amide bonds. The van der Waals surface area contributed by atoms with E-state index < -0.39 is 0 Å². The average Bonchev–Trinajstić information content (AvgIpc) is 2.85. The highest BCUT2D eigenvalue weighted by Gasteiger charge is 2.16. The van der Waals surface area contributed by atoms with E-state index in [0.29, 0.717) is 0 Å². The number of aryl methyl sites for hydroxylation is 1. The summed E-state index contributed by atoms with van der Waals surface area (Å²) in [6.07, 6.45) is 0.918. The third-order valence-electron chi connectivity index (χ3n) is 3.77. The fourth-order valence-electron chi connectivity index (χ4n) is 2.74. The summed E-state index contributed by atoms with van der Waals surface area (Å²) in [5.74, 6) is 1.11. The van der Waals surface area contributed by atoms with E-state index in [-0.39, 0.29) is 6.04 Å². The van der Waals surface area contributed by atoms with Crippen LogP contribution in [0, 0.1) is 0 Å². The maximum absolute atomic E-state index is 5.91. The smallest absolute Gasteiger partial charge is 0.110 e. The lowest BCUT2D eigenvalue weighted by atomic mass is 10.1. The number of hydrogen-bond acceptors (Lipinski definition) is 2. The van der Waals surface area contributed by atoms with Crippen molar-refractivity contribution in [2.75, 3.05) is 5.73 Å². The first-order valence-electron chi connectivity index (χ1n) is 7.02. The molecule has 0 aliphatic carbocycles. The second-order valence-corrected chi connectivity index (χ2v) is 5.09. The topological polar surface area (TPSA) is 43.8 Å². The van der Waals surface area contributed by atoms with E-state index in [4.69, 9.17) is 10.7 Å². The fourth-order valence-corrected chi connectivity index (χ4v) is 2.74. The molecule has 0 spiro atoms. The molecule has 1 unspecified atom stereocenters. The Bertz CT molecular complexity index is 743. The van der Waals surface area contributed by atoms with Crippen LogP contribution in [0.25, 0.3) is 11.0 Å². The lowest BCUT2D eigenvalue weighted by Gasteiger charge is -2.18. The summed E-state index contributed by atoms with van der Waals surface area (Å²) in [4.78, 5) is 4.73. The van der Waals surface area contributed by atoms with Gasteiger partial charge in [-0.1, -0.05) is 31.2 Å². The molecule has 3 rings (SSSR count). The van der Waals surface area contributed by atoms with Gasteiger partial charge in [0.25, 0.3) is 0 Å². The van der Waals surface area contributed by atoms with Gasteiger partial charge < -0.3 is 10.3 Å². The molecule has 2 aromatic carbocycles. The normalized spacial score (nSPS) is 12.7. The van der Waals surface area contributed by atoms with E-state index in [9.17, 15) is 0 Å². The Balaban J connectivity index is 2.17. The van der Waals surface area contributed by atoms with Crippen LogP contribution in [0.4, 0.5) is 5.69 Å². The van der Waals surface area contributed by atoms with Crippen molar-refractivity contribution >= 4 is 16.7 Å². The Morgan fingerprint density at radius 3 is 2.70 bits per heavy atom. The Kier molecular flexibility index (Phi) is 3.18. The van der Waals surface area contributed by atoms with E-state index in [2.05, 4.69) is 42.7 Å². The Labute approximate surface area is 119 Å². The van der Waals surface area contributed by atoms with Crippen LogP contribution < -0.4 is 5.73 Å². The molecular weight excluding hydrogens is 246 g/mol. The highest BCUT2D eigenvalue weighted by Crippen LogP contribution is 2.27. The lowest BCUT2D eigenvalue weighted by Crippen LogP contribution is -2.10. The number of imidazole rings is 1. The standard InChI is InChI=1S/C17H19N3/c1-3-17-19-15-9-4-5-10-16(15)20(17)12(2)13-7-6-8-14(18)11-13/h4-12H,3,18H2,1-2H3. The van der Waals surface area contributed by atoms with Crippen molar-refractivity contribution in [1.82, 2.24) is 9.55 Å². The van der Waals surface area contributed by atoms with E-state index in [1.165, 1.54) is 11.1 Å². The van der Waals surface area contributed by atoms with Gasteiger partial charge in [0.15, 0.2) is 0 Å². The quantitative estimate of drug-likeness (QED) is 0.732. The van der Waals surface area contributed by atoms with Gasteiger partial charge in [0.2, 0.25) is 0 Å². The second kappa shape index (κ2) is 5.00. The molecule has 2 N–H and O–H groups in total. The van der Waals surface area contributed by atoms with Crippen molar-refractivity contribution < 1.29 is 0 Å². The molecule has 3 heteroatoms. The van der Waals surface area contributed by atoms with Crippen molar-refractivity contribution in [3.63, 3.8) is 0 Å². The van der Waals surface area contributed by atoms with E-state index in [1.54, 1.807) is 0 Å². The summed E-state index contributed by atoms with van der Waals surface area (Å²) >= 11 is 0. The summed E-state index contributed by atoms with van der Waals surface area (Å²) in [6, 6.07) is 16.6. The molecule has 3 nitrogen and oxygen atoms in total. The number of rotatable bonds is 3. The molecule has 3 aromatic rings.